The lowest BCUT2D eigenvalue weighted by molar-refractivity contribution is 0.134. The van der Waals surface area contributed by atoms with Crippen molar-refractivity contribution in [3.63, 3.8) is 0 Å². The van der Waals surface area contributed by atoms with Crippen molar-refractivity contribution in [1.82, 2.24) is 15.0 Å². The molecule has 0 aliphatic heterocycles. The van der Waals surface area contributed by atoms with Gasteiger partial charge in [0.15, 0.2) is 0 Å². The van der Waals surface area contributed by atoms with Crippen LogP contribution < -0.4 is 5.48 Å². The molecule has 4 nitrogen and oxygen atoms in total. The second-order valence-electron chi connectivity index (χ2n) is 3.47. The average molecular weight is 195 g/mol. The zero-order valence-electron chi connectivity index (χ0n) is 8.48. The first-order valence-electron chi connectivity index (χ1n) is 4.75. The van der Waals surface area contributed by atoms with Crippen LogP contribution in [0, 0.1) is 0 Å². The van der Waals surface area contributed by atoms with Gasteiger partial charge in [-0.2, -0.15) is 5.48 Å². The SMILES string of the molecule is C=C(C)C(CCCn1ccnc1)NO. The lowest BCUT2D eigenvalue weighted by Crippen LogP contribution is -2.26. The van der Waals surface area contributed by atoms with Gasteiger partial charge in [0, 0.05) is 18.9 Å². The molecule has 0 saturated carbocycles. The molecule has 1 aromatic rings. The Kier molecular flexibility index (Phi) is 4.35. The molecule has 0 saturated heterocycles. The van der Waals surface area contributed by atoms with Crippen molar-refractivity contribution >= 4 is 0 Å². The van der Waals surface area contributed by atoms with Crippen LogP contribution in [0.4, 0.5) is 0 Å². The van der Waals surface area contributed by atoms with E-state index in [2.05, 4.69) is 17.0 Å². The minimum absolute atomic E-state index is 0.00137. The number of hydrogen-bond donors (Lipinski definition) is 2. The number of rotatable bonds is 6. The summed E-state index contributed by atoms with van der Waals surface area (Å²) in [6.45, 7) is 6.63. The fourth-order valence-corrected chi connectivity index (χ4v) is 1.32. The third-order valence-electron chi connectivity index (χ3n) is 2.22. The van der Waals surface area contributed by atoms with Gasteiger partial charge in [0.25, 0.3) is 0 Å². The Labute approximate surface area is 84.2 Å². The molecule has 0 aromatic carbocycles. The quantitative estimate of drug-likeness (QED) is 0.535. The van der Waals surface area contributed by atoms with Crippen molar-refractivity contribution in [2.75, 3.05) is 0 Å². The van der Waals surface area contributed by atoms with Gasteiger partial charge in [0.05, 0.1) is 12.4 Å². The Hall–Kier alpha value is -1.13. The molecule has 0 spiro atoms. The normalized spacial score (nSPS) is 12.7. The second-order valence-corrected chi connectivity index (χ2v) is 3.47. The van der Waals surface area contributed by atoms with Crippen LogP contribution in [0.5, 0.6) is 0 Å². The molecule has 14 heavy (non-hydrogen) atoms. The van der Waals surface area contributed by atoms with Crippen LogP contribution in [0.15, 0.2) is 30.9 Å². The fourth-order valence-electron chi connectivity index (χ4n) is 1.32. The summed E-state index contributed by atoms with van der Waals surface area (Å²) < 4.78 is 2.02. The standard InChI is InChI=1S/C10H17N3O/c1-9(2)10(12-14)4-3-6-13-7-5-11-8-13/h5,7-8,10,12,14H,1,3-4,6H2,2H3. The summed E-state index contributed by atoms with van der Waals surface area (Å²) in [6, 6.07) is -0.00137. The summed E-state index contributed by atoms with van der Waals surface area (Å²) in [4.78, 5) is 3.96. The van der Waals surface area contributed by atoms with Crippen molar-refractivity contribution in [2.45, 2.75) is 32.4 Å². The Bertz CT molecular complexity index is 269. The summed E-state index contributed by atoms with van der Waals surface area (Å²) in [5.41, 5.74) is 3.21. The number of nitrogens with zero attached hydrogens (tertiary/aromatic N) is 2. The van der Waals surface area contributed by atoms with E-state index in [1.165, 1.54) is 0 Å². The van der Waals surface area contributed by atoms with Crippen LogP contribution in [0.2, 0.25) is 0 Å². The Morgan fingerprint density at radius 3 is 3.00 bits per heavy atom. The predicted octanol–water partition coefficient (Wildman–Crippen LogP) is 1.59. The van der Waals surface area contributed by atoms with E-state index in [4.69, 9.17) is 5.21 Å². The maximum Gasteiger partial charge on any atom is 0.0945 e. The number of aromatic nitrogens is 2. The zero-order valence-corrected chi connectivity index (χ0v) is 8.48. The van der Waals surface area contributed by atoms with Crippen LogP contribution in [0.3, 0.4) is 0 Å². The minimum atomic E-state index is -0.00137. The lowest BCUT2D eigenvalue weighted by Gasteiger charge is -2.14. The highest BCUT2D eigenvalue weighted by Gasteiger charge is 2.06. The highest BCUT2D eigenvalue weighted by atomic mass is 16.5. The molecule has 1 heterocycles. The molecule has 2 N–H and O–H groups in total. The number of hydrogen-bond acceptors (Lipinski definition) is 3. The van der Waals surface area contributed by atoms with Crippen molar-refractivity contribution in [1.29, 1.82) is 0 Å². The molecule has 1 aromatic heterocycles. The molecule has 0 aliphatic rings. The monoisotopic (exact) mass is 195 g/mol. The number of imidazole rings is 1. The molecule has 0 radical (unpaired) electrons. The van der Waals surface area contributed by atoms with Crippen molar-refractivity contribution in [3.05, 3.63) is 30.9 Å². The summed E-state index contributed by atoms with van der Waals surface area (Å²) in [7, 11) is 0. The van der Waals surface area contributed by atoms with E-state index >= 15 is 0 Å². The van der Waals surface area contributed by atoms with Gasteiger partial charge >= 0.3 is 0 Å². The van der Waals surface area contributed by atoms with E-state index in [9.17, 15) is 0 Å². The smallest absolute Gasteiger partial charge is 0.0945 e. The zero-order chi connectivity index (χ0) is 10.4. The highest BCUT2D eigenvalue weighted by molar-refractivity contribution is 4.99. The maximum atomic E-state index is 8.82. The van der Waals surface area contributed by atoms with E-state index in [1.54, 1.807) is 12.5 Å². The first kappa shape index (κ1) is 10.9. The summed E-state index contributed by atoms with van der Waals surface area (Å²) in [5, 5.41) is 8.82. The number of hydroxylamine groups is 1. The molecule has 0 fully saturated rings. The van der Waals surface area contributed by atoms with Crippen molar-refractivity contribution in [2.24, 2.45) is 0 Å². The predicted molar refractivity (Wildman–Crippen MR) is 55.0 cm³/mol. The number of aryl methyl sites for hydroxylation is 1. The third-order valence-corrected chi connectivity index (χ3v) is 2.22. The Balaban J connectivity index is 2.23. The van der Waals surface area contributed by atoms with Crippen molar-refractivity contribution in [3.8, 4) is 0 Å². The second kappa shape index (κ2) is 5.57. The summed E-state index contributed by atoms with van der Waals surface area (Å²) >= 11 is 0. The third kappa shape index (κ3) is 3.32. The van der Waals surface area contributed by atoms with Crippen LogP contribution in [-0.2, 0) is 6.54 Å². The average Bonchev–Trinajstić information content (AvgIpc) is 2.64. The van der Waals surface area contributed by atoms with Gasteiger partial charge < -0.3 is 9.77 Å². The van der Waals surface area contributed by atoms with E-state index in [0.29, 0.717) is 0 Å². The van der Waals surface area contributed by atoms with Crippen molar-refractivity contribution < 1.29 is 5.21 Å². The molecular weight excluding hydrogens is 178 g/mol. The first-order chi connectivity index (χ1) is 6.74. The maximum absolute atomic E-state index is 8.82. The largest absolute Gasteiger partial charge is 0.337 e. The van der Waals surface area contributed by atoms with E-state index < -0.39 is 0 Å². The van der Waals surface area contributed by atoms with Crippen LogP contribution >= 0.6 is 0 Å². The summed E-state index contributed by atoms with van der Waals surface area (Å²) in [5.74, 6) is 0. The van der Waals surface area contributed by atoms with Gasteiger partial charge in [-0.15, -0.1) is 0 Å². The molecule has 0 bridgehead atoms. The Morgan fingerprint density at radius 2 is 2.50 bits per heavy atom. The van der Waals surface area contributed by atoms with Gasteiger partial charge in [-0.1, -0.05) is 12.2 Å². The molecule has 0 aliphatic carbocycles. The van der Waals surface area contributed by atoms with Gasteiger partial charge in [0.1, 0.15) is 0 Å². The molecule has 0 amide bonds. The lowest BCUT2D eigenvalue weighted by atomic mass is 10.1. The van der Waals surface area contributed by atoms with Crippen LogP contribution in [0.25, 0.3) is 0 Å². The highest BCUT2D eigenvalue weighted by Crippen LogP contribution is 2.06. The molecule has 1 atom stereocenters. The Morgan fingerprint density at radius 1 is 1.71 bits per heavy atom. The van der Waals surface area contributed by atoms with E-state index in [-0.39, 0.29) is 6.04 Å². The van der Waals surface area contributed by atoms with Crippen LogP contribution in [0.1, 0.15) is 19.8 Å². The number of nitrogens with one attached hydrogen (secondary N) is 1. The van der Waals surface area contributed by atoms with Crippen LogP contribution in [-0.4, -0.2) is 20.8 Å². The van der Waals surface area contributed by atoms with Gasteiger partial charge in [0.2, 0.25) is 0 Å². The van der Waals surface area contributed by atoms with Gasteiger partial charge in [-0.05, 0) is 19.8 Å². The molecule has 1 unspecified atom stereocenters. The van der Waals surface area contributed by atoms with E-state index in [1.807, 2.05) is 17.7 Å². The van der Waals surface area contributed by atoms with Gasteiger partial charge in [-0.25, -0.2) is 4.98 Å². The molecule has 1 rings (SSSR count). The molecule has 4 heteroatoms. The summed E-state index contributed by atoms with van der Waals surface area (Å²) in [6.07, 6.45) is 7.36. The molecular formula is C10H17N3O. The molecule has 78 valence electrons. The minimum Gasteiger partial charge on any atom is -0.337 e. The fraction of sp³-hybridized carbons (Fsp3) is 0.500. The first-order valence-corrected chi connectivity index (χ1v) is 4.75. The van der Waals surface area contributed by atoms with E-state index in [0.717, 1.165) is 25.0 Å². The van der Waals surface area contributed by atoms with Gasteiger partial charge in [-0.3, -0.25) is 0 Å². The topological polar surface area (TPSA) is 50.1 Å².